The van der Waals surface area contributed by atoms with Gasteiger partial charge in [-0.1, -0.05) is 62.1 Å². The molecule has 0 aliphatic carbocycles. The fourth-order valence-corrected chi connectivity index (χ4v) is 2.56. The summed E-state index contributed by atoms with van der Waals surface area (Å²) in [5.41, 5.74) is 5.07. The van der Waals surface area contributed by atoms with Crippen LogP contribution in [-0.2, 0) is 11.2 Å². The molecular formula is C23H24O. The molecule has 0 saturated carbocycles. The van der Waals surface area contributed by atoms with E-state index in [1.807, 2.05) is 56.3 Å². The second-order valence-electron chi connectivity index (χ2n) is 5.85. The molecule has 2 rings (SSSR count). The van der Waals surface area contributed by atoms with Crippen molar-refractivity contribution in [3.8, 4) is 11.8 Å². The number of Topliss-reactive ketones (excluding diaryl/α,β-unsaturated/α-hetero) is 1. The third kappa shape index (κ3) is 4.70. The topological polar surface area (TPSA) is 17.1 Å². The zero-order valence-corrected chi connectivity index (χ0v) is 14.7. The van der Waals surface area contributed by atoms with Crippen molar-refractivity contribution >= 4 is 11.9 Å². The van der Waals surface area contributed by atoms with Gasteiger partial charge in [0.05, 0.1) is 0 Å². The molecule has 122 valence electrons. The first-order chi connectivity index (χ1) is 11.7. The van der Waals surface area contributed by atoms with Gasteiger partial charge in [-0.15, -0.1) is 0 Å². The quantitative estimate of drug-likeness (QED) is 0.531. The molecule has 0 N–H and O–H groups in total. The fraction of sp³-hybridized carbons (Fsp3) is 0.261. The van der Waals surface area contributed by atoms with Crippen LogP contribution in [0.15, 0.2) is 54.1 Å². The van der Waals surface area contributed by atoms with Gasteiger partial charge in [-0.25, -0.2) is 0 Å². The molecule has 1 nitrogen and oxygen atoms in total. The normalized spacial score (nSPS) is 10.9. The second-order valence-corrected chi connectivity index (χ2v) is 5.85. The molecule has 0 atom stereocenters. The van der Waals surface area contributed by atoms with E-state index in [4.69, 9.17) is 0 Å². The van der Waals surface area contributed by atoms with Crippen molar-refractivity contribution in [2.45, 2.75) is 40.0 Å². The van der Waals surface area contributed by atoms with E-state index in [-0.39, 0.29) is 5.78 Å². The number of benzene rings is 2. The highest BCUT2D eigenvalue weighted by molar-refractivity contribution is 5.99. The van der Waals surface area contributed by atoms with E-state index in [0.717, 1.165) is 35.1 Å². The Morgan fingerprint density at radius 1 is 0.958 bits per heavy atom. The van der Waals surface area contributed by atoms with Crippen LogP contribution in [0.4, 0.5) is 0 Å². The summed E-state index contributed by atoms with van der Waals surface area (Å²) in [7, 11) is 0. The Morgan fingerprint density at radius 2 is 1.58 bits per heavy atom. The summed E-state index contributed by atoms with van der Waals surface area (Å²) in [4.78, 5) is 12.0. The predicted molar refractivity (Wildman–Crippen MR) is 102 cm³/mol. The Kier molecular flexibility index (Phi) is 6.58. The number of ketones is 1. The van der Waals surface area contributed by atoms with Gasteiger partial charge in [0.1, 0.15) is 0 Å². The number of aryl methyl sites for hydroxylation is 1. The van der Waals surface area contributed by atoms with Crippen molar-refractivity contribution < 1.29 is 4.79 Å². The molecule has 0 radical (unpaired) electrons. The molecule has 1 heteroatoms. The minimum Gasteiger partial charge on any atom is -0.295 e. The van der Waals surface area contributed by atoms with Gasteiger partial charge >= 0.3 is 0 Å². The van der Waals surface area contributed by atoms with Crippen LogP contribution in [0.1, 0.15) is 55.9 Å². The maximum atomic E-state index is 12.0. The molecule has 2 aromatic rings. The number of hydrogen-bond donors (Lipinski definition) is 0. The average Bonchev–Trinajstić information content (AvgIpc) is 2.61. The molecule has 0 saturated heterocycles. The standard InChI is InChI=1S/C23H24O/c1-4-10-23(24)18(3)17-22-14-9-8-13-21(22)16-15-20-12-7-6-11-19(20)5-2/h6-9,11-14,17H,4-5,10H2,1-3H3/b18-17-. The van der Waals surface area contributed by atoms with E-state index < -0.39 is 0 Å². The summed E-state index contributed by atoms with van der Waals surface area (Å²) < 4.78 is 0. The summed E-state index contributed by atoms with van der Waals surface area (Å²) in [5.74, 6) is 6.76. The molecule has 0 aliphatic rings. The van der Waals surface area contributed by atoms with Crippen LogP contribution in [0.5, 0.6) is 0 Å². The van der Waals surface area contributed by atoms with Gasteiger partial charge in [-0.05, 0) is 54.7 Å². The minimum atomic E-state index is 0.205. The van der Waals surface area contributed by atoms with Crippen LogP contribution in [0.25, 0.3) is 6.08 Å². The van der Waals surface area contributed by atoms with Gasteiger partial charge < -0.3 is 0 Å². The van der Waals surface area contributed by atoms with Crippen LogP contribution < -0.4 is 0 Å². The van der Waals surface area contributed by atoms with E-state index >= 15 is 0 Å². The number of allylic oxidation sites excluding steroid dienone is 1. The van der Waals surface area contributed by atoms with Crippen molar-refractivity contribution in [2.75, 3.05) is 0 Å². The lowest BCUT2D eigenvalue weighted by Crippen LogP contribution is -1.98. The molecule has 0 bridgehead atoms. The van der Waals surface area contributed by atoms with Gasteiger partial charge in [0.15, 0.2) is 5.78 Å². The Labute approximate surface area is 145 Å². The molecule has 0 amide bonds. The van der Waals surface area contributed by atoms with Crippen molar-refractivity contribution in [2.24, 2.45) is 0 Å². The monoisotopic (exact) mass is 316 g/mol. The highest BCUT2D eigenvalue weighted by Gasteiger charge is 2.04. The molecule has 24 heavy (non-hydrogen) atoms. The van der Waals surface area contributed by atoms with Crippen LogP contribution >= 0.6 is 0 Å². The number of rotatable bonds is 5. The van der Waals surface area contributed by atoms with E-state index in [2.05, 4.69) is 30.9 Å². The molecule has 0 fully saturated rings. The van der Waals surface area contributed by atoms with Crippen molar-refractivity contribution in [3.63, 3.8) is 0 Å². The first-order valence-corrected chi connectivity index (χ1v) is 8.56. The van der Waals surface area contributed by atoms with Crippen LogP contribution in [-0.4, -0.2) is 5.78 Å². The zero-order chi connectivity index (χ0) is 17.4. The maximum absolute atomic E-state index is 12.0. The van der Waals surface area contributed by atoms with Crippen molar-refractivity contribution in [3.05, 3.63) is 76.4 Å². The van der Waals surface area contributed by atoms with E-state index in [1.165, 1.54) is 5.56 Å². The lowest BCUT2D eigenvalue weighted by molar-refractivity contribution is -0.115. The largest absolute Gasteiger partial charge is 0.295 e. The Hall–Kier alpha value is -2.59. The fourth-order valence-electron chi connectivity index (χ4n) is 2.56. The first-order valence-electron chi connectivity index (χ1n) is 8.56. The SMILES string of the molecule is CCCC(=O)/C(C)=C\c1ccccc1C#Cc1ccccc1CC. The van der Waals surface area contributed by atoms with E-state index in [0.29, 0.717) is 6.42 Å². The average molecular weight is 316 g/mol. The van der Waals surface area contributed by atoms with Crippen LogP contribution in [0.2, 0.25) is 0 Å². The van der Waals surface area contributed by atoms with Crippen LogP contribution in [0, 0.1) is 11.8 Å². The minimum absolute atomic E-state index is 0.205. The zero-order valence-electron chi connectivity index (χ0n) is 14.7. The highest BCUT2D eigenvalue weighted by atomic mass is 16.1. The van der Waals surface area contributed by atoms with E-state index in [1.54, 1.807) is 0 Å². The molecule has 0 unspecified atom stereocenters. The molecule has 0 spiro atoms. The highest BCUT2D eigenvalue weighted by Crippen LogP contribution is 2.15. The second kappa shape index (κ2) is 8.89. The maximum Gasteiger partial charge on any atom is 0.158 e. The van der Waals surface area contributed by atoms with Gasteiger partial charge in [0.2, 0.25) is 0 Å². The summed E-state index contributed by atoms with van der Waals surface area (Å²) in [6.45, 7) is 6.05. The molecule has 0 heterocycles. The van der Waals surface area contributed by atoms with Gasteiger partial charge in [0.25, 0.3) is 0 Å². The Balaban J connectivity index is 2.36. The third-order valence-corrected chi connectivity index (χ3v) is 3.98. The van der Waals surface area contributed by atoms with Crippen molar-refractivity contribution in [1.82, 2.24) is 0 Å². The Bertz CT molecular complexity index is 800. The number of carbonyl (C=O) groups excluding carboxylic acids is 1. The summed E-state index contributed by atoms with van der Waals surface area (Å²) in [6.07, 6.45) is 4.39. The van der Waals surface area contributed by atoms with E-state index in [9.17, 15) is 4.79 Å². The molecule has 0 aliphatic heterocycles. The third-order valence-electron chi connectivity index (χ3n) is 3.98. The number of hydrogen-bond acceptors (Lipinski definition) is 1. The van der Waals surface area contributed by atoms with Gasteiger partial charge in [0, 0.05) is 17.5 Å². The summed E-state index contributed by atoms with van der Waals surface area (Å²) in [6, 6.07) is 16.2. The smallest absolute Gasteiger partial charge is 0.158 e. The predicted octanol–water partition coefficient (Wildman–Crippen LogP) is 5.42. The van der Waals surface area contributed by atoms with Gasteiger partial charge in [-0.2, -0.15) is 0 Å². The van der Waals surface area contributed by atoms with Crippen molar-refractivity contribution in [1.29, 1.82) is 0 Å². The summed E-state index contributed by atoms with van der Waals surface area (Å²) in [5, 5.41) is 0. The summed E-state index contributed by atoms with van der Waals surface area (Å²) >= 11 is 0. The Morgan fingerprint density at radius 3 is 2.29 bits per heavy atom. The molecular weight excluding hydrogens is 292 g/mol. The van der Waals surface area contributed by atoms with Crippen LogP contribution in [0.3, 0.4) is 0 Å². The molecule has 0 aromatic heterocycles. The van der Waals surface area contributed by atoms with Gasteiger partial charge in [-0.3, -0.25) is 4.79 Å². The number of carbonyl (C=O) groups is 1. The first kappa shape index (κ1) is 17.8. The molecule has 2 aromatic carbocycles. The lowest BCUT2D eigenvalue weighted by Gasteiger charge is -2.03. The lowest BCUT2D eigenvalue weighted by atomic mass is 10.0.